The minimum Gasteiger partial charge on any atom is -0.370 e. The maximum atomic E-state index is 3.49. The molecule has 1 N–H and O–H groups in total. The van der Waals surface area contributed by atoms with Gasteiger partial charge in [-0.15, -0.1) is 0 Å². The van der Waals surface area contributed by atoms with Crippen molar-refractivity contribution in [1.29, 1.82) is 0 Å². The summed E-state index contributed by atoms with van der Waals surface area (Å²) in [5.41, 5.74) is 2.88. The van der Waals surface area contributed by atoms with Gasteiger partial charge in [0.05, 0.1) is 0 Å². The summed E-state index contributed by atoms with van der Waals surface area (Å²) in [7, 11) is 0. The molecule has 1 aliphatic rings. The van der Waals surface area contributed by atoms with Crippen LogP contribution in [0.5, 0.6) is 0 Å². The topological polar surface area (TPSA) is 15.3 Å². The van der Waals surface area contributed by atoms with Gasteiger partial charge in [0.1, 0.15) is 0 Å². The van der Waals surface area contributed by atoms with Gasteiger partial charge in [0.15, 0.2) is 0 Å². The molecule has 0 spiro atoms. The summed E-state index contributed by atoms with van der Waals surface area (Å²) in [4.78, 5) is 2.55. The minimum atomic E-state index is 1.02. The molecule has 2 heteroatoms. The third-order valence-electron chi connectivity index (χ3n) is 3.49. The van der Waals surface area contributed by atoms with Crippen molar-refractivity contribution in [2.45, 2.75) is 39.2 Å². The normalized spacial score (nSPS) is 15.5. The predicted molar refractivity (Wildman–Crippen MR) is 74.5 cm³/mol. The van der Waals surface area contributed by atoms with E-state index in [1.165, 1.54) is 43.5 Å². The third kappa shape index (κ3) is 3.47. The maximum Gasteiger partial charge on any atom is 0.0412 e. The Balaban J connectivity index is 1.97. The Kier molecular flexibility index (Phi) is 4.87. The molecule has 1 aliphatic heterocycles. The second-order valence-corrected chi connectivity index (χ2v) is 4.85. The van der Waals surface area contributed by atoms with Gasteiger partial charge in [-0.25, -0.2) is 0 Å². The lowest BCUT2D eigenvalue weighted by Crippen LogP contribution is -2.29. The molecule has 0 aromatic heterocycles. The van der Waals surface area contributed by atoms with Gasteiger partial charge in [0.25, 0.3) is 0 Å². The molecular formula is C15H24N2. The zero-order valence-corrected chi connectivity index (χ0v) is 10.9. The monoisotopic (exact) mass is 232 g/mol. The van der Waals surface area contributed by atoms with Gasteiger partial charge in [-0.2, -0.15) is 0 Å². The Morgan fingerprint density at radius 2 is 2.06 bits per heavy atom. The number of rotatable bonds is 5. The zero-order chi connectivity index (χ0) is 11.9. The van der Waals surface area contributed by atoms with E-state index >= 15 is 0 Å². The van der Waals surface area contributed by atoms with Crippen LogP contribution in [0.25, 0.3) is 0 Å². The molecule has 0 amide bonds. The van der Waals surface area contributed by atoms with Crippen LogP contribution in [0.2, 0.25) is 0 Å². The van der Waals surface area contributed by atoms with Crippen molar-refractivity contribution in [1.82, 2.24) is 5.32 Å². The number of hydrogen-bond acceptors (Lipinski definition) is 2. The van der Waals surface area contributed by atoms with E-state index in [2.05, 4.69) is 41.4 Å². The first kappa shape index (κ1) is 12.4. The van der Waals surface area contributed by atoms with Gasteiger partial charge in [-0.05, 0) is 18.1 Å². The first-order valence-corrected chi connectivity index (χ1v) is 6.95. The fraction of sp³-hybridized carbons (Fsp3) is 0.600. The average Bonchev–Trinajstić information content (AvgIpc) is 2.57. The van der Waals surface area contributed by atoms with Crippen LogP contribution in [0, 0.1) is 0 Å². The van der Waals surface area contributed by atoms with Crippen molar-refractivity contribution in [3.05, 3.63) is 29.8 Å². The SMILES string of the molecule is CCCCCCN1CCNCc2ccccc21. The predicted octanol–water partition coefficient (Wildman–Crippen LogP) is 3.18. The number of nitrogens with zero attached hydrogens (tertiary/aromatic N) is 1. The molecule has 1 heterocycles. The molecule has 1 aromatic carbocycles. The van der Waals surface area contributed by atoms with Crippen LogP contribution in [0.15, 0.2) is 24.3 Å². The van der Waals surface area contributed by atoms with Gasteiger partial charge in [0.2, 0.25) is 0 Å². The summed E-state index contributed by atoms with van der Waals surface area (Å²) >= 11 is 0. The summed E-state index contributed by atoms with van der Waals surface area (Å²) in [6.07, 6.45) is 5.37. The Bertz CT molecular complexity index is 335. The Labute approximate surface area is 105 Å². The molecular weight excluding hydrogens is 208 g/mol. The number of hydrogen-bond donors (Lipinski definition) is 1. The molecule has 0 fully saturated rings. The molecule has 0 unspecified atom stereocenters. The summed E-state index contributed by atoms with van der Waals surface area (Å²) in [6.45, 7) is 6.73. The van der Waals surface area contributed by atoms with E-state index in [-0.39, 0.29) is 0 Å². The smallest absolute Gasteiger partial charge is 0.0412 e. The highest BCUT2D eigenvalue weighted by Crippen LogP contribution is 2.22. The third-order valence-corrected chi connectivity index (χ3v) is 3.49. The first-order valence-electron chi connectivity index (χ1n) is 6.95. The van der Waals surface area contributed by atoms with Crippen molar-refractivity contribution in [3.8, 4) is 0 Å². The molecule has 17 heavy (non-hydrogen) atoms. The zero-order valence-electron chi connectivity index (χ0n) is 10.9. The summed E-state index contributed by atoms with van der Waals surface area (Å²) in [6, 6.07) is 8.80. The van der Waals surface area contributed by atoms with E-state index in [1.807, 2.05) is 0 Å². The Hall–Kier alpha value is -1.02. The second kappa shape index (κ2) is 6.65. The van der Waals surface area contributed by atoms with Crippen molar-refractivity contribution >= 4 is 5.69 Å². The lowest BCUT2D eigenvalue weighted by Gasteiger charge is -2.24. The molecule has 2 rings (SSSR count). The number of unbranched alkanes of at least 4 members (excludes halogenated alkanes) is 3. The molecule has 0 saturated heterocycles. The van der Waals surface area contributed by atoms with E-state index in [4.69, 9.17) is 0 Å². The van der Waals surface area contributed by atoms with Gasteiger partial charge in [-0.3, -0.25) is 0 Å². The van der Waals surface area contributed by atoms with Crippen molar-refractivity contribution in [2.75, 3.05) is 24.5 Å². The minimum absolute atomic E-state index is 1.02. The molecule has 0 atom stereocenters. The highest BCUT2D eigenvalue weighted by Gasteiger charge is 2.13. The van der Waals surface area contributed by atoms with Gasteiger partial charge in [0, 0.05) is 31.9 Å². The molecule has 0 aliphatic carbocycles. The van der Waals surface area contributed by atoms with E-state index in [9.17, 15) is 0 Å². The average molecular weight is 232 g/mol. The van der Waals surface area contributed by atoms with Crippen LogP contribution < -0.4 is 10.2 Å². The molecule has 1 aromatic rings. The number of nitrogens with one attached hydrogen (secondary N) is 1. The Morgan fingerprint density at radius 1 is 1.18 bits per heavy atom. The molecule has 2 nitrogen and oxygen atoms in total. The van der Waals surface area contributed by atoms with E-state index in [1.54, 1.807) is 0 Å². The molecule has 94 valence electrons. The van der Waals surface area contributed by atoms with Crippen LogP contribution in [0.1, 0.15) is 38.2 Å². The van der Waals surface area contributed by atoms with Crippen molar-refractivity contribution in [2.24, 2.45) is 0 Å². The van der Waals surface area contributed by atoms with Crippen LogP contribution in [0.3, 0.4) is 0 Å². The number of para-hydroxylation sites is 1. The van der Waals surface area contributed by atoms with E-state index in [0.717, 1.165) is 19.6 Å². The highest BCUT2D eigenvalue weighted by molar-refractivity contribution is 5.54. The molecule has 0 radical (unpaired) electrons. The van der Waals surface area contributed by atoms with Crippen LogP contribution in [-0.4, -0.2) is 19.6 Å². The van der Waals surface area contributed by atoms with Crippen molar-refractivity contribution < 1.29 is 0 Å². The van der Waals surface area contributed by atoms with Gasteiger partial charge in [-0.1, -0.05) is 44.4 Å². The lowest BCUT2D eigenvalue weighted by atomic mass is 10.1. The highest BCUT2D eigenvalue weighted by atomic mass is 15.2. The quantitative estimate of drug-likeness (QED) is 0.784. The summed E-state index contributed by atoms with van der Waals surface area (Å²) < 4.78 is 0. The second-order valence-electron chi connectivity index (χ2n) is 4.85. The van der Waals surface area contributed by atoms with E-state index in [0.29, 0.717) is 0 Å². The van der Waals surface area contributed by atoms with Crippen molar-refractivity contribution in [3.63, 3.8) is 0 Å². The standard InChI is InChI=1S/C15H24N2/c1-2-3-4-7-11-17-12-10-16-13-14-8-5-6-9-15(14)17/h5-6,8-9,16H,2-4,7,10-13H2,1H3. The van der Waals surface area contributed by atoms with Gasteiger partial charge < -0.3 is 10.2 Å². The van der Waals surface area contributed by atoms with Gasteiger partial charge >= 0.3 is 0 Å². The lowest BCUT2D eigenvalue weighted by molar-refractivity contribution is 0.632. The first-order chi connectivity index (χ1) is 8.42. The maximum absolute atomic E-state index is 3.49. The summed E-state index contributed by atoms with van der Waals surface area (Å²) in [5, 5.41) is 3.49. The number of fused-ring (bicyclic) bond motifs is 1. The van der Waals surface area contributed by atoms with Crippen LogP contribution >= 0.6 is 0 Å². The summed E-state index contributed by atoms with van der Waals surface area (Å²) in [5.74, 6) is 0. The van der Waals surface area contributed by atoms with E-state index < -0.39 is 0 Å². The number of benzene rings is 1. The van der Waals surface area contributed by atoms with Crippen LogP contribution in [-0.2, 0) is 6.54 Å². The fourth-order valence-electron chi connectivity index (χ4n) is 2.49. The number of anilines is 1. The molecule has 0 bridgehead atoms. The molecule has 0 saturated carbocycles. The Morgan fingerprint density at radius 3 is 2.94 bits per heavy atom. The largest absolute Gasteiger partial charge is 0.370 e. The van der Waals surface area contributed by atoms with Crippen LogP contribution in [0.4, 0.5) is 5.69 Å². The fourth-order valence-corrected chi connectivity index (χ4v) is 2.49.